The largest absolute Gasteiger partial charge is 0.302 e. The number of likely N-dealkylation sites (N-methyl/N-ethyl adjacent to an activating group) is 1. The molecule has 0 unspecified atom stereocenters. The van der Waals surface area contributed by atoms with Crippen LogP contribution >= 0.6 is 0 Å². The van der Waals surface area contributed by atoms with E-state index in [9.17, 15) is 4.79 Å². The lowest BCUT2D eigenvalue weighted by Crippen LogP contribution is -2.49. The van der Waals surface area contributed by atoms with Gasteiger partial charge in [-0.05, 0) is 37.1 Å². The Morgan fingerprint density at radius 1 is 1.17 bits per heavy atom. The minimum absolute atomic E-state index is 0.0610. The molecule has 0 bridgehead atoms. The zero-order valence-electron chi connectivity index (χ0n) is 14.4. The Labute approximate surface area is 141 Å². The normalized spacial score (nSPS) is 14.5. The van der Waals surface area contributed by atoms with E-state index in [2.05, 4.69) is 49.1 Å². The van der Waals surface area contributed by atoms with Gasteiger partial charge in [-0.15, -0.1) is 0 Å². The first-order chi connectivity index (χ1) is 11.7. The minimum Gasteiger partial charge on any atom is -0.302 e. The van der Waals surface area contributed by atoms with Crippen LogP contribution in [0.25, 0.3) is 22.9 Å². The first kappa shape index (κ1) is 15.3. The van der Waals surface area contributed by atoms with E-state index in [-0.39, 0.29) is 5.56 Å². The standard InChI is InChI=1S/C20H23N3O/c1-3-22(4-2)12-13-23-20(24)17-11-7-10-15-14-8-5-6-9-16(14)19(21-23)18(15)17/h5-6,8-9,11H,3-4,7,10,12-13H2,1-2H3. The van der Waals surface area contributed by atoms with E-state index in [1.54, 1.807) is 4.68 Å². The number of rotatable bonds is 5. The lowest BCUT2D eigenvalue weighted by atomic mass is 9.98. The van der Waals surface area contributed by atoms with Gasteiger partial charge in [0.25, 0.3) is 5.56 Å². The second-order valence-electron chi connectivity index (χ2n) is 6.46. The van der Waals surface area contributed by atoms with Crippen LogP contribution in [0.3, 0.4) is 0 Å². The molecule has 0 spiro atoms. The summed E-state index contributed by atoms with van der Waals surface area (Å²) in [6.07, 6.45) is 4.04. The molecule has 0 saturated heterocycles. The van der Waals surface area contributed by atoms with Crippen molar-refractivity contribution < 1.29 is 0 Å². The van der Waals surface area contributed by atoms with Crippen molar-refractivity contribution in [3.05, 3.63) is 50.6 Å². The first-order valence-electron chi connectivity index (χ1n) is 8.91. The summed E-state index contributed by atoms with van der Waals surface area (Å²) >= 11 is 0. The van der Waals surface area contributed by atoms with Gasteiger partial charge >= 0.3 is 0 Å². The molecule has 4 rings (SSSR count). The summed E-state index contributed by atoms with van der Waals surface area (Å²) in [4.78, 5) is 15.2. The maximum absolute atomic E-state index is 12.9. The highest BCUT2D eigenvalue weighted by molar-refractivity contribution is 5.88. The number of aromatic nitrogens is 2. The topological polar surface area (TPSA) is 38.1 Å². The van der Waals surface area contributed by atoms with Gasteiger partial charge < -0.3 is 4.90 Å². The number of hydrogen-bond donors (Lipinski definition) is 0. The SMILES string of the molecule is CCN(CC)CCn1nc2c3c(c1=O)=CCCC=3c1ccccc1-2. The molecule has 2 aromatic rings. The summed E-state index contributed by atoms with van der Waals surface area (Å²) < 4.78 is 1.67. The Bertz CT molecular complexity index is 967. The van der Waals surface area contributed by atoms with E-state index in [0.29, 0.717) is 6.54 Å². The Hall–Kier alpha value is -2.20. The summed E-state index contributed by atoms with van der Waals surface area (Å²) in [6, 6.07) is 8.41. The number of nitrogens with zero attached hydrogens (tertiary/aromatic N) is 3. The molecular formula is C20H23N3O. The summed E-state index contributed by atoms with van der Waals surface area (Å²) in [5, 5.41) is 6.71. The van der Waals surface area contributed by atoms with Crippen LogP contribution in [0.1, 0.15) is 32.3 Å². The fraction of sp³-hybridized carbons (Fsp3) is 0.400. The molecule has 0 radical (unpaired) electrons. The molecule has 4 nitrogen and oxygen atoms in total. The van der Waals surface area contributed by atoms with Crippen LogP contribution in [0.15, 0.2) is 29.1 Å². The van der Waals surface area contributed by atoms with Gasteiger partial charge in [-0.3, -0.25) is 4.79 Å². The monoisotopic (exact) mass is 321 g/mol. The van der Waals surface area contributed by atoms with E-state index in [1.807, 2.05) is 0 Å². The van der Waals surface area contributed by atoms with Crippen LogP contribution in [-0.4, -0.2) is 34.3 Å². The van der Waals surface area contributed by atoms with Crippen LogP contribution in [0.2, 0.25) is 0 Å². The van der Waals surface area contributed by atoms with Gasteiger partial charge in [-0.25, -0.2) is 4.68 Å². The van der Waals surface area contributed by atoms with Crippen LogP contribution in [-0.2, 0) is 6.54 Å². The first-order valence-corrected chi connectivity index (χ1v) is 8.91. The van der Waals surface area contributed by atoms with Gasteiger partial charge in [0.1, 0.15) is 0 Å². The molecular weight excluding hydrogens is 298 g/mol. The van der Waals surface area contributed by atoms with Gasteiger partial charge in [0, 0.05) is 22.5 Å². The molecule has 0 atom stereocenters. The summed E-state index contributed by atoms with van der Waals surface area (Å²) in [6.45, 7) is 7.79. The summed E-state index contributed by atoms with van der Waals surface area (Å²) in [5.41, 5.74) is 4.79. The third-order valence-corrected chi connectivity index (χ3v) is 5.27. The molecule has 0 aliphatic heterocycles. The Balaban J connectivity index is 1.87. The molecule has 2 aliphatic rings. The molecule has 0 fully saturated rings. The molecule has 2 aliphatic carbocycles. The molecule has 24 heavy (non-hydrogen) atoms. The highest BCUT2D eigenvalue weighted by Crippen LogP contribution is 2.32. The number of benzene rings is 1. The molecule has 1 aromatic heterocycles. The average Bonchev–Trinajstić information content (AvgIpc) is 2.95. The van der Waals surface area contributed by atoms with E-state index < -0.39 is 0 Å². The Kier molecular flexibility index (Phi) is 3.85. The minimum atomic E-state index is 0.0610. The van der Waals surface area contributed by atoms with Crippen molar-refractivity contribution in [3.63, 3.8) is 0 Å². The quantitative estimate of drug-likeness (QED) is 0.834. The van der Waals surface area contributed by atoms with Gasteiger partial charge in [0.2, 0.25) is 0 Å². The average molecular weight is 321 g/mol. The van der Waals surface area contributed by atoms with Crippen LogP contribution < -0.4 is 16.0 Å². The number of fused-ring (bicyclic) bond motifs is 3. The number of hydrogen-bond acceptors (Lipinski definition) is 3. The lowest BCUT2D eigenvalue weighted by Gasteiger charge is -2.18. The summed E-state index contributed by atoms with van der Waals surface area (Å²) in [7, 11) is 0. The lowest BCUT2D eigenvalue weighted by molar-refractivity contribution is 0.282. The third kappa shape index (κ3) is 2.25. The van der Waals surface area contributed by atoms with Crippen LogP contribution in [0, 0.1) is 0 Å². The van der Waals surface area contributed by atoms with Gasteiger partial charge in [0.15, 0.2) is 0 Å². The van der Waals surface area contributed by atoms with Crippen molar-refractivity contribution in [1.29, 1.82) is 0 Å². The van der Waals surface area contributed by atoms with Gasteiger partial charge in [-0.1, -0.05) is 44.2 Å². The summed E-state index contributed by atoms with van der Waals surface area (Å²) in [5.74, 6) is 0. The van der Waals surface area contributed by atoms with Crippen molar-refractivity contribution in [2.24, 2.45) is 0 Å². The fourth-order valence-electron chi connectivity index (χ4n) is 3.91. The van der Waals surface area contributed by atoms with Crippen LogP contribution in [0.4, 0.5) is 0 Å². The second-order valence-corrected chi connectivity index (χ2v) is 6.46. The van der Waals surface area contributed by atoms with Crippen molar-refractivity contribution in [2.75, 3.05) is 19.6 Å². The third-order valence-electron chi connectivity index (χ3n) is 5.27. The molecule has 0 N–H and O–H groups in total. The van der Waals surface area contributed by atoms with Crippen molar-refractivity contribution >= 4 is 11.6 Å². The maximum atomic E-state index is 12.9. The Morgan fingerprint density at radius 3 is 2.67 bits per heavy atom. The molecule has 0 amide bonds. The fourth-order valence-corrected chi connectivity index (χ4v) is 3.91. The molecule has 4 heteroatoms. The van der Waals surface area contributed by atoms with E-state index in [0.717, 1.165) is 48.6 Å². The van der Waals surface area contributed by atoms with Gasteiger partial charge in [-0.2, -0.15) is 5.10 Å². The second kappa shape index (κ2) is 6.02. The molecule has 1 aromatic carbocycles. The molecule has 1 heterocycles. The van der Waals surface area contributed by atoms with E-state index in [4.69, 9.17) is 5.10 Å². The highest BCUT2D eigenvalue weighted by Gasteiger charge is 2.25. The van der Waals surface area contributed by atoms with Crippen molar-refractivity contribution in [1.82, 2.24) is 14.7 Å². The van der Waals surface area contributed by atoms with Gasteiger partial charge in [0.05, 0.1) is 12.2 Å². The van der Waals surface area contributed by atoms with Crippen molar-refractivity contribution in [2.45, 2.75) is 33.2 Å². The van der Waals surface area contributed by atoms with Crippen LogP contribution in [0.5, 0.6) is 0 Å². The molecule has 0 saturated carbocycles. The predicted octanol–water partition coefficient (Wildman–Crippen LogP) is 1.34. The highest BCUT2D eigenvalue weighted by atomic mass is 16.1. The maximum Gasteiger partial charge on any atom is 0.274 e. The molecule has 124 valence electrons. The van der Waals surface area contributed by atoms with E-state index in [1.165, 1.54) is 16.7 Å². The zero-order chi connectivity index (χ0) is 16.7. The zero-order valence-corrected chi connectivity index (χ0v) is 14.4. The van der Waals surface area contributed by atoms with Crippen molar-refractivity contribution in [3.8, 4) is 11.3 Å². The Morgan fingerprint density at radius 2 is 1.92 bits per heavy atom. The van der Waals surface area contributed by atoms with E-state index >= 15 is 0 Å². The predicted molar refractivity (Wildman–Crippen MR) is 97.2 cm³/mol. The smallest absolute Gasteiger partial charge is 0.274 e.